The molecule has 2 rings (SSSR count). The Kier molecular flexibility index (Phi) is 5.61. The highest BCUT2D eigenvalue weighted by molar-refractivity contribution is 9.10. The fourth-order valence-electron chi connectivity index (χ4n) is 1.70. The van der Waals surface area contributed by atoms with Gasteiger partial charge in [0.1, 0.15) is 5.75 Å². The number of benzene rings is 2. The summed E-state index contributed by atoms with van der Waals surface area (Å²) in [5, 5.41) is 12.5. The Bertz CT molecular complexity index is 649. The second-order valence-corrected chi connectivity index (χ2v) is 5.52. The van der Waals surface area contributed by atoms with Crippen LogP contribution in [0.4, 0.5) is 5.69 Å². The van der Waals surface area contributed by atoms with Crippen molar-refractivity contribution in [2.24, 2.45) is 0 Å². The minimum Gasteiger partial charge on any atom is -0.483 e. The summed E-state index contributed by atoms with van der Waals surface area (Å²) in [7, 11) is 0. The average molecular weight is 371 g/mol. The van der Waals surface area contributed by atoms with Gasteiger partial charge in [-0.2, -0.15) is 0 Å². The number of aliphatic hydroxyl groups excluding tert-OH is 1. The highest BCUT2D eigenvalue weighted by Crippen LogP contribution is 2.27. The second-order valence-electron chi connectivity index (χ2n) is 4.23. The number of carbonyl (C=O) groups is 1. The Morgan fingerprint density at radius 1 is 1.29 bits per heavy atom. The molecule has 0 spiro atoms. The van der Waals surface area contributed by atoms with Gasteiger partial charge in [-0.3, -0.25) is 4.79 Å². The first-order valence-corrected chi connectivity index (χ1v) is 7.33. The summed E-state index contributed by atoms with van der Waals surface area (Å²) in [6.45, 7) is -0.278. The average Bonchev–Trinajstić information content (AvgIpc) is 2.47. The summed E-state index contributed by atoms with van der Waals surface area (Å²) >= 11 is 9.14. The summed E-state index contributed by atoms with van der Waals surface area (Å²) in [5.41, 5.74) is 1.22. The predicted octanol–water partition coefficient (Wildman–Crippen LogP) is 3.61. The lowest BCUT2D eigenvalue weighted by molar-refractivity contribution is -0.118. The lowest BCUT2D eigenvalue weighted by atomic mass is 10.2. The number of ether oxygens (including phenoxy) is 1. The maximum absolute atomic E-state index is 11.9. The van der Waals surface area contributed by atoms with E-state index in [0.29, 0.717) is 26.5 Å². The highest BCUT2D eigenvalue weighted by Gasteiger charge is 2.08. The first-order valence-electron chi connectivity index (χ1n) is 6.16. The zero-order valence-corrected chi connectivity index (χ0v) is 13.3. The van der Waals surface area contributed by atoms with Gasteiger partial charge in [0.15, 0.2) is 6.61 Å². The van der Waals surface area contributed by atoms with E-state index in [-0.39, 0.29) is 19.1 Å². The largest absolute Gasteiger partial charge is 0.483 e. The number of aliphatic hydroxyl groups is 1. The van der Waals surface area contributed by atoms with Gasteiger partial charge in [0, 0.05) is 16.3 Å². The molecule has 21 heavy (non-hydrogen) atoms. The van der Waals surface area contributed by atoms with Crippen LogP contribution < -0.4 is 10.1 Å². The number of nitrogens with one attached hydrogen (secondary N) is 1. The highest BCUT2D eigenvalue weighted by atomic mass is 79.9. The number of amides is 1. The fraction of sp³-hybridized carbons (Fsp3) is 0.133. The van der Waals surface area contributed by atoms with Crippen molar-refractivity contribution in [1.82, 2.24) is 0 Å². The molecule has 0 aliphatic rings. The number of carbonyl (C=O) groups excluding carboxylic acids is 1. The molecule has 2 N–H and O–H groups in total. The summed E-state index contributed by atoms with van der Waals surface area (Å²) in [6, 6.07) is 12.1. The molecular weight excluding hydrogens is 358 g/mol. The monoisotopic (exact) mass is 369 g/mol. The molecule has 0 bridgehead atoms. The van der Waals surface area contributed by atoms with Gasteiger partial charge >= 0.3 is 0 Å². The van der Waals surface area contributed by atoms with E-state index in [2.05, 4.69) is 21.2 Å². The number of halogens is 2. The number of hydrogen-bond acceptors (Lipinski definition) is 3. The van der Waals surface area contributed by atoms with Crippen LogP contribution in [0.3, 0.4) is 0 Å². The minimum atomic E-state index is -0.308. The van der Waals surface area contributed by atoms with Crippen molar-refractivity contribution >= 4 is 39.1 Å². The van der Waals surface area contributed by atoms with E-state index < -0.39 is 0 Å². The number of anilines is 1. The smallest absolute Gasteiger partial charge is 0.262 e. The maximum atomic E-state index is 11.9. The van der Waals surface area contributed by atoms with Crippen molar-refractivity contribution in [1.29, 1.82) is 0 Å². The van der Waals surface area contributed by atoms with Crippen LogP contribution in [-0.2, 0) is 11.4 Å². The van der Waals surface area contributed by atoms with Gasteiger partial charge in [0.05, 0.1) is 11.1 Å². The van der Waals surface area contributed by atoms with Crippen LogP contribution in [0, 0.1) is 0 Å². The molecule has 0 fully saturated rings. The van der Waals surface area contributed by atoms with Crippen molar-refractivity contribution in [3.8, 4) is 5.75 Å². The first kappa shape index (κ1) is 15.8. The molecule has 0 radical (unpaired) electrons. The third-order valence-corrected chi connectivity index (χ3v) is 3.57. The van der Waals surface area contributed by atoms with Crippen molar-refractivity contribution in [2.45, 2.75) is 6.61 Å². The molecule has 0 atom stereocenters. The third-order valence-electron chi connectivity index (χ3n) is 2.71. The van der Waals surface area contributed by atoms with Crippen molar-refractivity contribution < 1.29 is 14.6 Å². The number of hydrogen-bond donors (Lipinski definition) is 2. The van der Waals surface area contributed by atoms with Gasteiger partial charge in [-0.25, -0.2) is 0 Å². The van der Waals surface area contributed by atoms with Gasteiger partial charge in [-0.05, 0) is 40.2 Å². The van der Waals surface area contributed by atoms with E-state index in [1.165, 1.54) is 0 Å². The maximum Gasteiger partial charge on any atom is 0.262 e. The molecule has 0 aliphatic carbocycles. The van der Waals surface area contributed by atoms with Crippen LogP contribution in [0.5, 0.6) is 5.75 Å². The third kappa shape index (κ3) is 4.46. The topological polar surface area (TPSA) is 58.6 Å². The SMILES string of the molecule is O=C(COc1ccc(Cl)cc1Br)Nc1ccccc1CO. The van der Waals surface area contributed by atoms with Crippen LogP contribution in [0.2, 0.25) is 5.02 Å². The molecule has 110 valence electrons. The molecule has 2 aromatic rings. The molecule has 4 nitrogen and oxygen atoms in total. The van der Waals surface area contributed by atoms with E-state index in [4.69, 9.17) is 16.3 Å². The van der Waals surface area contributed by atoms with Crippen LogP contribution in [0.15, 0.2) is 46.9 Å². The Morgan fingerprint density at radius 3 is 2.76 bits per heavy atom. The first-order chi connectivity index (χ1) is 10.1. The standard InChI is InChI=1S/C15H13BrClNO3/c16-12-7-11(17)5-6-14(12)21-9-15(20)18-13-4-2-1-3-10(13)8-19/h1-7,19H,8-9H2,(H,18,20). The van der Waals surface area contributed by atoms with E-state index in [0.717, 1.165) is 0 Å². The van der Waals surface area contributed by atoms with Crippen molar-refractivity contribution in [3.63, 3.8) is 0 Å². The van der Waals surface area contributed by atoms with Crippen LogP contribution >= 0.6 is 27.5 Å². The lowest BCUT2D eigenvalue weighted by Gasteiger charge is -2.11. The molecule has 0 saturated heterocycles. The Balaban J connectivity index is 1.96. The molecule has 0 unspecified atom stereocenters. The van der Waals surface area contributed by atoms with E-state index in [1.807, 2.05) is 0 Å². The van der Waals surface area contributed by atoms with Gasteiger partial charge < -0.3 is 15.2 Å². The van der Waals surface area contributed by atoms with Crippen molar-refractivity contribution in [2.75, 3.05) is 11.9 Å². The van der Waals surface area contributed by atoms with E-state index in [9.17, 15) is 9.90 Å². The van der Waals surface area contributed by atoms with Gasteiger partial charge in [-0.1, -0.05) is 29.8 Å². The van der Waals surface area contributed by atoms with Crippen molar-refractivity contribution in [3.05, 3.63) is 57.5 Å². The molecule has 0 aliphatic heterocycles. The molecule has 0 heterocycles. The zero-order valence-electron chi connectivity index (χ0n) is 11.0. The Morgan fingerprint density at radius 2 is 2.05 bits per heavy atom. The minimum absolute atomic E-state index is 0.139. The fourth-order valence-corrected chi connectivity index (χ4v) is 2.50. The Hall–Kier alpha value is -1.56. The van der Waals surface area contributed by atoms with Gasteiger partial charge in [-0.15, -0.1) is 0 Å². The second kappa shape index (κ2) is 7.45. The molecule has 6 heteroatoms. The summed E-state index contributed by atoms with van der Waals surface area (Å²) < 4.78 is 6.10. The summed E-state index contributed by atoms with van der Waals surface area (Å²) in [6.07, 6.45) is 0. The summed E-state index contributed by atoms with van der Waals surface area (Å²) in [5.74, 6) is 0.225. The van der Waals surface area contributed by atoms with Crippen LogP contribution in [0.25, 0.3) is 0 Å². The normalized spacial score (nSPS) is 10.2. The molecule has 2 aromatic carbocycles. The van der Waals surface area contributed by atoms with E-state index in [1.54, 1.807) is 42.5 Å². The van der Waals surface area contributed by atoms with E-state index >= 15 is 0 Å². The van der Waals surface area contributed by atoms with Crippen LogP contribution in [-0.4, -0.2) is 17.6 Å². The number of rotatable bonds is 5. The molecular formula is C15H13BrClNO3. The summed E-state index contributed by atoms with van der Waals surface area (Å²) in [4.78, 5) is 11.9. The molecule has 0 aromatic heterocycles. The van der Waals surface area contributed by atoms with Gasteiger partial charge in [0.25, 0.3) is 5.91 Å². The quantitative estimate of drug-likeness (QED) is 0.845. The molecule has 1 amide bonds. The number of para-hydroxylation sites is 1. The Labute approximate surface area is 135 Å². The van der Waals surface area contributed by atoms with Gasteiger partial charge in [0.2, 0.25) is 0 Å². The molecule has 0 saturated carbocycles. The predicted molar refractivity (Wildman–Crippen MR) is 85.6 cm³/mol. The van der Waals surface area contributed by atoms with Crippen LogP contribution in [0.1, 0.15) is 5.56 Å². The lowest BCUT2D eigenvalue weighted by Crippen LogP contribution is -2.21. The zero-order chi connectivity index (χ0) is 15.2.